The maximum Gasteiger partial charge on any atom is 1.00 e. The molecule has 0 atom stereocenters. The van der Waals surface area contributed by atoms with Gasteiger partial charge < -0.3 is 17.7 Å². The summed E-state index contributed by atoms with van der Waals surface area (Å²) in [6.07, 6.45) is 0. The predicted octanol–water partition coefficient (Wildman–Crippen LogP) is 0.460. The SMILES string of the molecule is C=C(COc1ccc(F)c(C)c1)[B-](F)(F)F.[K+]. The van der Waals surface area contributed by atoms with Crippen LogP contribution in [0.5, 0.6) is 5.75 Å². The van der Waals surface area contributed by atoms with Crippen molar-refractivity contribution in [3.05, 3.63) is 41.6 Å². The summed E-state index contributed by atoms with van der Waals surface area (Å²) >= 11 is 0. The topological polar surface area (TPSA) is 9.23 Å². The van der Waals surface area contributed by atoms with E-state index in [1.165, 1.54) is 19.1 Å². The van der Waals surface area contributed by atoms with E-state index in [4.69, 9.17) is 4.74 Å². The third kappa shape index (κ3) is 5.57. The largest absolute Gasteiger partial charge is 1.00 e. The van der Waals surface area contributed by atoms with Crippen molar-refractivity contribution in [2.24, 2.45) is 0 Å². The second-order valence-electron chi connectivity index (χ2n) is 3.43. The van der Waals surface area contributed by atoms with Crippen molar-refractivity contribution in [2.75, 3.05) is 6.61 Å². The molecule has 0 heterocycles. The van der Waals surface area contributed by atoms with Gasteiger partial charge in [0.2, 0.25) is 0 Å². The van der Waals surface area contributed by atoms with Gasteiger partial charge in [-0.05, 0) is 30.7 Å². The van der Waals surface area contributed by atoms with Crippen molar-refractivity contribution in [3.63, 3.8) is 0 Å². The van der Waals surface area contributed by atoms with Crippen molar-refractivity contribution in [2.45, 2.75) is 6.92 Å². The minimum absolute atomic E-state index is 0. The van der Waals surface area contributed by atoms with Crippen molar-refractivity contribution < 1.29 is 73.5 Å². The molecule has 0 aliphatic rings. The molecule has 0 saturated heterocycles. The number of halogens is 4. The summed E-state index contributed by atoms with van der Waals surface area (Å²) in [6, 6.07) is 3.76. The third-order valence-corrected chi connectivity index (χ3v) is 2.02. The van der Waals surface area contributed by atoms with Crippen LogP contribution in [0.15, 0.2) is 30.3 Å². The first-order valence-electron chi connectivity index (χ1n) is 4.57. The van der Waals surface area contributed by atoms with Crippen molar-refractivity contribution in [3.8, 4) is 5.75 Å². The fourth-order valence-corrected chi connectivity index (χ4v) is 0.977. The molecule has 1 aromatic rings. The molecule has 0 aromatic heterocycles. The summed E-state index contributed by atoms with van der Waals surface area (Å²) in [4.78, 5) is 0. The Morgan fingerprint density at radius 3 is 2.41 bits per heavy atom. The van der Waals surface area contributed by atoms with E-state index < -0.39 is 24.9 Å². The van der Waals surface area contributed by atoms with Gasteiger partial charge in [0.15, 0.2) is 0 Å². The average Bonchev–Trinajstić information content (AvgIpc) is 2.18. The van der Waals surface area contributed by atoms with Crippen LogP contribution in [0.4, 0.5) is 17.3 Å². The Morgan fingerprint density at radius 2 is 1.94 bits per heavy atom. The molecule has 1 rings (SSSR count). The van der Waals surface area contributed by atoms with Gasteiger partial charge in [-0.1, -0.05) is 0 Å². The van der Waals surface area contributed by atoms with Gasteiger partial charge in [-0.2, -0.15) is 0 Å². The number of hydrogen-bond acceptors (Lipinski definition) is 1. The van der Waals surface area contributed by atoms with Crippen LogP contribution in [0.2, 0.25) is 0 Å². The molecule has 0 aliphatic carbocycles. The second-order valence-corrected chi connectivity index (χ2v) is 3.43. The first-order chi connectivity index (χ1) is 7.30. The summed E-state index contributed by atoms with van der Waals surface area (Å²) in [5, 5.41) is 0. The van der Waals surface area contributed by atoms with Crippen LogP contribution in [0.3, 0.4) is 0 Å². The normalized spacial score (nSPS) is 10.6. The first-order valence-corrected chi connectivity index (χ1v) is 4.57. The van der Waals surface area contributed by atoms with E-state index in [1.54, 1.807) is 0 Å². The van der Waals surface area contributed by atoms with E-state index in [-0.39, 0.29) is 57.1 Å². The van der Waals surface area contributed by atoms with E-state index in [0.717, 1.165) is 6.07 Å². The molecule has 0 unspecified atom stereocenters. The van der Waals surface area contributed by atoms with Gasteiger partial charge in [-0.25, -0.2) is 4.39 Å². The van der Waals surface area contributed by atoms with Crippen molar-refractivity contribution >= 4 is 6.98 Å². The monoisotopic (exact) mass is 272 g/mol. The summed E-state index contributed by atoms with van der Waals surface area (Å²) in [5.74, 6) is -0.230. The van der Waals surface area contributed by atoms with Gasteiger partial charge in [-0.3, -0.25) is 0 Å². The molecular formula is C10H10BF4KO. The fourth-order valence-electron chi connectivity index (χ4n) is 0.977. The van der Waals surface area contributed by atoms with E-state index in [9.17, 15) is 17.3 Å². The zero-order chi connectivity index (χ0) is 12.3. The molecule has 88 valence electrons. The average molecular weight is 272 g/mol. The Hall–Kier alpha value is 0.181. The number of aryl methyl sites for hydroxylation is 1. The maximum absolute atomic E-state index is 12.8. The van der Waals surface area contributed by atoms with Gasteiger partial charge in [0.05, 0.1) is 6.61 Å². The molecule has 1 nitrogen and oxygen atoms in total. The molecule has 0 amide bonds. The molecule has 0 spiro atoms. The smallest absolute Gasteiger partial charge is 0.492 e. The summed E-state index contributed by atoms with van der Waals surface area (Å²) in [5.41, 5.74) is -0.595. The van der Waals surface area contributed by atoms with Gasteiger partial charge in [0.1, 0.15) is 11.6 Å². The van der Waals surface area contributed by atoms with Crippen LogP contribution in [-0.2, 0) is 0 Å². The molecule has 0 N–H and O–H groups in total. The van der Waals surface area contributed by atoms with E-state index in [2.05, 4.69) is 6.58 Å². The first kappa shape index (κ1) is 17.2. The van der Waals surface area contributed by atoms with Gasteiger partial charge in [0, 0.05) is 0 Å². The number of hydrogen-bond donors (Lipinski definition) is 0. The number of rotatable bonds is 4. The molecule has 7 heteroatoms. The molecule has 1 aromatic carbocycles. The molecule has 0 aliphatic heterocycles. The van der Waals surface area contributed by atoms with Gasteiger partial charge in [0.25, 0.3) is 0 Å². The van der Waals surface area contributed by atoms with E-state index >= 15 is 0 Å². The molecule has 0 fully saturated rings. The van der Waals surface area contributed by atoms with Crippen LogP contribution >= 0.6 is 0 Å². The summed E-state index contributed by atoms with van der Waals surface area (Å²) < 4.78 is 54.1. The van der Waals surface area contributed by atoms with E-state index in [1.807, 2.05) is 0 Å². The second kappa shape index (κ2) is 6.94. The molecule has 0 bridgehead atoms. The van der Waals surface area contributed by atoms with Crippen molar-refractivity contribution in [1.82, 2.24) is 0 Å². The van der Waals surface area contributed by atoms with Gasteiger partial charge >= 0.3 is 58.4 Å². The summed E-state index contributed by atoms with van der Waals surface area (Å²) in [6.45, 7) is -1.32. The number of ether oxygens (including phenoxy) is 1. The van der Waals surface area contributed by atoms with E-state index in [0.29, 0.717) is 5.56 Å². The van der Waals surface area contributed by atoms with Crippen molar-refractivity contribution in [1.29, 1.82) is 0 Å². The Morgan fingerprint density at radius 1 is 1.35 bits per heavy atom. The molecule has 17 heavy (non-hydrogen) atoms. The minimum Gasteiger partial charge on any atom is -0.492 e. The quantitative estimate of drug-likeness (QED) is 0.571. The Bertz CT molecular complexity index is 406. The minimum atomic E-state index is -5.08. The molecule has 0 saturated carbocycles. The zero-order valence-electron chi connectivity index (χ0n) is 9.64. The third-order valence-electron chi connectivity index (χ3n) is 2.02. The fraction of sp³-hybridized carbons (Fsp3) is 0.200. The van der Waals surface area contributed by atoms with Crippen LogP contribution in [0.1, 0.15) is 5.56 Å². The van der Waals surface area contributed by atoms with Crippen LogP contribution in [0, 0.1) is 12.7 Å². The molecule has 0 radical (unpaired) electrons. The summed E-state index contributed by atoms with van der Waals surface area (Å²) in [7, 11) is 0. The zero-order valence-corrected chi connectivity index (χ0v) is 12.8. The Kier molecular flexibility index (Phi) is 7.01. The van der Waals surface area contributed by atoms with Gasteiger partial charge in [-0.15, -0.1) is 12.1 Å². The van der Waals surface area contributed by atoms with Crippen LogP contribution < -0.4 is 56.1 Å². The Balaban J connectivity index is 0.00000256. The van der Waals surface area contributed by atoms with Crippen LogP contribution in [-0.4, -0.2) is 13.6 Å². The maximum atomic E-state index is 12.8. The van der Waals surface area contributed by atoms with Crippen LogP contribution in [0.25, 0.3) is 0 Å². The number of benzene rings is 1. The standard InChI is InChI=1S/C10H10BF4O.K/c1-7-5-9(3-4-10(7)12)16-6-8(2)11(13,14)15;/h3-5H,2,6H2,1H3;/q-1;+1. The Labute approximate surface area is 140 Å². The predicted molar refractivity (Wildman–Crippen MR) is 54.9 cm³/mol. The molecular weight excluding hydrogens is 262 g/mol.